The molecule has 4 rings (SSSR count). The maximum absolute atomic E-state index is 12.5. The zero-order valence-electron chi connectivity index (χ0n) is 10.8. The van der Waals surface area contributed by atoms with Gasteiger partial charge in [0.15, 0.2) is 5.69 Å². The zero-order valence-corrected chi connectivity index (χ0v) is 12.4. The fraction of sp³-hybridized carbons (Fsp3) is 0.0769. The summed E-state index contributed by atoms with van der Waals surface area (Å²) in [5, 5.41) is 13.0. The summed E-state index contributed by atoms with van der Waals surface area (Å²) in [5.41, 5.74) is 1.71. The summed E-state index contributed by atoms with van der Waals surface area (Å²) < 4.78 is 3.41. The van der Waals surface area contributed by atoms with Gasteiger partial charge >= 0.3 is 5.56 Å². The maximum atomic E-state index is 12.5. The summed E-state index contributed by atoms with van der Waals surface area (Å²) in [4.78, 5) is 12.9. The molecule has 0 radical (unpaired) electrons. The van der Waals surface area contributed by atoms with Crippen LogP contribution in [0.5, 0.6) is 0 Å². The third-order valence-corrected chi connectivity index (χ3v) is 4.31. The predicted octanol–water partition coefficient (Wildman–Crippen LogP) is 2.36. The van der Waals surface area contributed by atoms with Crippen LogP contribution in [0.3, 0.4) is 0 Å². The lowest BCUT2D eigenvalue weighted by atomic mass is 10.1. The van der Waals surface area contributed by atoms with E-state index in [0.717, 1.165) is 27.8 Å². The largest absolute Gasteiger partial charge is 0.350 e. The van der Waals surface area contributed by atoms with E-state index in [0.29, 0.717) is 4.96 Å². The highest BCUT2D eigenvalue weighted by Gasteiger charge is 2.16. The Labute approximate surface area is 127 Å². The third-order valence-electron chi connectivity index (χ3n) is 3.32. The number of hydrogen-bond donors (Lipinski definition) is 0. The average molecular weight is 318 g/mol. The first kappa shape index (κ1) is 12.5. The standard InChI is InChI=1S/C13H8ClN5OS/c1-18-6-8(7-4-2-3-5-9(7)18)10-11(20)19-13(16-15-10)21-12(14)17-19/h2-6H,1H3. The van der Waals surface area contributed by atoms with E-state index in [2.05, 4.69) is 15.3 Å². The molecule has 6 nitrogen and oxygen atoms in total. The van der Waals surface area contributed by atoms with Crippen LogP contribution in [0.2, 0.25) is 4.47 Å². The van der Waals surface area contributed by atoms with E-state index in [1.807, 2.05) is 42.1 Å². The van der Waals surface area contributed by atoms with E-state index >= 15 is 0 Å². The van der Waals surface area contributed by atoms with E-state index in [1.165, 1.54) is 4.52 Å². The van der Waals surface area contributed by atoms with Crippen molar-refractivity contribution in [3.63, 3.8) is 0 Å². The van der Waals surface area contributed by atoms with Gasteiger partial charge in [0.25, 0.3) is 0 Å². The molecule has 0 amide bonds. The van der Waals surface area contributed by atoms with Gasteiger partial charge in [-0.2, -0.15) is 4.52 Å². The van der Waals surface area contributed by atoms with Gasteiger partial charge in [-0.15, -0.1) is 15.3 Å². The van der Waals surface area contributed by atoms with Gasteiger partial charge in [0.05, 0.1) is 0 Å². The zero-order chi connectivity index (χ0) is 14.6. The molecule has 21 heavy (non-hydrogen) atoms. The first-order valence-corrected chi connectivity index (χ1v) is 7.31. The summed E-state index contributed by atoms with van der Waals surface area (Å²) in [6, 6.07) is 7.82. The fourth-order valence-electron chi connectivity index (χ4n) is 2.39. The van der Waals surface area contributed by atoms with Crippen molar-refractivity contribution in [2.45, 2.75) is 0 Å². The van der Waals surface area contributed by atoms with E-state index in [-0.39, 0.29) is 15.7 Å². The molecule has 0 unspecified atom stereocenters. The monoisotopic (exact) mass is 317 g/mol. The van der Waals surface area contributed by atoms with Gasteiger partial charge in [0, 0.05) is 29.7 Å². The smallest absolute Gasteiger partial charge is 0.302 e. The highest BCUT2D eigenvalue weighted by molar-refractivity contribution is 7.20. The lowest BCUT2D eigenvalue weighted by Gasteiger charge is -1.97. The molecule has 0 N–H and O–H groups in total. The Hall–Kier alpha value is -2.25. The number of para-hydroxylation sites is 1. The molecule has 0 aliphatic rings. The van der Waals surface area contributed by atoms with Crippen LogP contribution in [0.15, 0.2) is 35.3 Å². The summed E-state index contributed by atoms with van der Waals surface area (Å²) in [7, 11) is 1.93. The summed E-state index contributed by atoms with van der Waals surface area (Å²) >= 11 is 6.95. The highest BCUT2D eigenvalue weighted by atomic mass is 35.5. The normalized spacial score (nSPS) is 11.5. The molecule has 0 saturated carbocycles. The van der Waals surface area contributed by atoms with Crippen molar-refractivity contribution in [2.24, 2.45) is 7.05 Å². The molecule has 0 spiro atoms. The van der Waals surface area contributed by atoms with Crippen LogP contribution in [0, 0.1) is 0 Å². The molecule has 8 heteroatoms. The molecule has 0 bridgehead atoms. The van der Waals surface area contributed by atoms with Crippen molar-refractivity contribution in [1.82, 2.24) is 24.4 Å². The Morgan fingerprint density at radius 1 is 1.24 bits per heavy atom. The highest BCUT2D eigenvalue weighted by Crippen LogP contribution is 2.27. The Kier molecular flexibility index (Phi) is 2.60. The van der Waals surface area contributed by atoms with Crippen LogP contribution >= 0.6 is 22.9 Å². The quantitative estimate of drug-likeness (QED) is 0.540. The first-order valence-electron chi connectivity index (χ1n) is 6.11. The van der Waals surface area contributed by atoms with E-state index in [1.54, 1.807) is 0 Å². The molecule has 4 aromatic rings. The summed E-state index contributed by atoms with van der Waals surface area (Å²) in [6.07, 6.45) is 1.87. The number of benzene rings is 1. The van der Waals surface area contributed by atoms with Crippen LogP contribution in [0.1, 0.15) is 0 Å². The molecule has 0 aliphatic heterocycles. The van der Waals surface area contributed by atoms with Gasteiger partial charge in [-0.1, -0.05) is 29.5 Å². The molecular formula is C13H8ClN5OS. The second-order valence-corrected chi connectivity index (χ2v) is 6.11. The van der Waals surface area contributed by atoms with Crippen molar-refractivity contribution in [3.05, 3.63) is 45.3 Å². The van der Waals surface area contributed by atoms with Crippen molar-refractivity contribution in [3.8, 4) is 11.3 Å². The number of hydrogen-bond acceptors (Lipinski definition) is 5. The van der Waals surface area contributed by atoms with Gasteiger partial charge in [0.2, 0.25) is 9.43 Å². The Balaban J connectivity index is 2.09. The third kappa shape index (κ3) is 1.78. The number of halogens is 1. The number of aromatic nitrogens is 5. The fourth-order valence-corrected chi connectivity index (χ4v) is 3.24. The minimum Gasteiger partial charge on any atom is -0.350 e. The molecular weight excluding hydrogens is 310 g/mol. The Morgan fingerprint density at radius 3 is 2.90 bits per heavy atom. The van der Waals surface area contributed by atoms with Crippen molar-refractivity contribution in [1.29, 1.82) is 0 Å². The minimum absolute atomic E-state index is 0.261. The van der Waals surface area contributed by atoms with Gasteiger partial charge in [-0.25, -0.2) is 0 Å². The van der Waals surface area contributed by atoms with Crippen molar-refractivity contribution in [2.75, 3.05) is 0 Å². The van der Waals surface area contributed by atoms with E-state index < -0.39 is 0 Å². The second kappa shape index (κ2) is 4.37. The van der Waals surface area contributed by atoms with E-state index in [9.17, 15) is 4.79 Å². The molecule has 1 aromatic carbocycles. The van der Waals surface area contributed by atoms with Crippen LogP contribution < -0.4 is 5.56 Å². The second-order valence-electron chi connectivity index (χ2n) is 4.57. The maximum Gasteiger partial charge on any atom is 0.302 e. The first-order chi connectivity index (χ1) is 10.1. The molecule has 0 saturated heterocycles. The van der Waals surface area contributed by atoms with Crippen LogP contribution in [0.4, 0.5) is 0 Å². The molecule has 0 aliphatic carbocycles. The molecule has 104 valence electrons. The van der Waals surface area contributed by atoms with Gasteiger partial charge in [0.1, 0.15) is 0 Å². The molecule has 3 aromatic heterocycles. The summed E-state index contributed by atoms with van der Waals surface area (Å²) in [6.45, 7) is 0. The van der Waals surface area contributed by atoms with Gasteiger partial charge in [-0.05, 0) is 17.7 Å². The van der Waals surface area contributed by atoms with Crippen molar-refractivity contribution < 1.29 is 0 Å². The Bertz CT molecular complexity index is 1050. The lowest BCUT2D eigenvalue weighted by molar-refractivity contribution is 0.859. The molecule has 0 atom stereocenters. The van der Waals surface area contributed by atoms with Crippen LogP contribution in [-0.2, 0) is 7.05 Å². The minimum atomic E-state index is -0.320. The van der Waals surface area contributed by atoms with Gasteiger partial charge < -0.3 is 4.57 Å². The SMILES string of the molecule is Cn1cc(-c2nnc3sc(Cl)nn3c2=O)c2ccccc21. The number of aryl methyl sites for hydroxylation is 1. The lowest BCUT2D eigenvalue weighted by Crippen LogP contribution is -2.18. The molecule has 0 fully saturated rings. The van der Waals surface area contributed by atoms with Crippen LogP contribution in [-0.4, -0.2) is 24.4 Å². The predicted molar refractivity (Wildman–Crippen MR) is 81.9 cm³/mol. The number of nitrogens with zero attached hydrogens (tertiary/aromatic N) is 5. The van der Waals surface area contributed by atoms with Crippen LogP contribution in [0.25, 0.3) is 27.1 Å². The van der Waals surface area contributed by atoms with Crippen molar-refractivity contribution >= 4 is 38.8 Å². The molecule has 3 heterocycles. The van der Waals surface area contributed by atoms with Gasteiger partial charge in [-0.3, -0.25) is 4.79 Å². The average Bonchev–Trinajstić information content (AvgIpc) is 3.01. The number of rotatable bonds is 1. The van der Waals surface area contributed by atoms with E-state index in [4.69, 9.17) is 11.6 Å². The Morgan fingerprint density at radius 2 is 2.05 bits per heavy atom. The number of fused-ring (bicyclic) bond motifs is 2. The topological polar surface area (TPSA) is 65.1 Å². The summed E-state index contributed by atoms with van der Waals surface area (Å²) in [5.74, 6) is 0.